The zero-order chi connectivity index (χ0) is 11.7. The summed E-state index contributed by atoms with van der Waals surface area (Å²) in [5.74, 6) is 0. The molecule has 0 aromatic rings. The zero-order valence-corrected chi connectivity index (χ0v) is 11.3. The number of hydrogen-bond acceptors (Lipinski definition) is 3. The van der Waals surface area contributed by atoms with E-state index < -0.39 is 0 Å². The minimum Gasteiger partial charge on any atom is -0.306 e. The minimum absolute atomic E-state index is 0.884. The molecule has 0 aromatic heterocycles. The Balaban J connectivity index is 1.44. The molecular formula is C14H27N3. The quantitative estimate of drug-likeness (QED) is 0.716. The first kappa shape index (κ1) is 11.9. The van der Waals surface area contributed by atoms with Crippen molar-refractivity contribution in [1.82, 2.24) is 14.7 Å². The standard InChI is InChI=1S/C14H27N3/c1-15-7-5-14(6-8-15)17-11-9-16(10-12-17)13-3-2-4-13/h13-14H,2-12H2,1H3. The molecule has 3 rings (SSSR count). The van der Waals surface area contributed by atoms with Crippen molar-refractivity contribution >= 4 is 0 Å². The molecule has 0 unspecified atom stereocenters. The van der Waals surface area contributed by atoms with Gasteiger partial charge in [-0.25, -0.2) is 0 Å². The van der Waals surface area contributed by atoms with Crippen molar-refractivity contribution in [2.75, 3.05) is 46.3 Å². The molecule has 3 heteroatoms. The predicted octanol–water partition coefficient (Wildman–Crippen LogP) is 1.25. The first-order chi connectivity index (χ1) is 8.33. The van der Waals surface area contributed by atoms with E-state index in [1.807, 2.05) is 0 Å². The van der Waals surface area contributed by atoms with Crippen LogP contribution in [-0.2, 0) is 0 Å². The van der Waals surface area contributed by atoms with Crippen LogP contribution in [0.5, 0.6) is 0 Å². The molecule has 0 N–H and O–H groups in total. The van der Waals surface area contributed by atoms with Crippen molar-refractivity contribution in [3.63, 3.8) is 0 Å². The van der Waals surface area contributed by atoms with Crippen LogP contribution in [-0.4, -0.2) is 73.1 Å². The Labute approximate surface area is 106 Å². The second kappa shape index (κ2) is 5.25. The lowest BCUT2D eigenvalue weighted by atomic mass is 9.91. The summed E-state index contributed by atoms with van der Waals surface area (Å²) in [4.78, 5) is 7.98. The van der Waals surface area contributed by atoms with Crippen LogP contribution in [0.25, 0.3) is 0 Å². The van der Waals surface area contributed by atoms with Crippen LogP contribution < -0.4 is 0 Å². The van der Waals surface area contributed by atoms with Gasteiger partial charge in [-0.3, -0.25) is 9.80 Å². The smallest absolute Gasteiger partial charge is 0.0121 e. The third-order valence-electron chi connectivity index (χ3n) is 5.14. The normalized spacial score (nSPS) is 31.6. The fourth-order valence-electron chi connectivity index (χ4n) is 3.58. The second-order valence-electron chi connectivity index (χ2n) is 6.19. The summed E-state index contributed by atoms with van der Waals surface area (Å²) in [7, 11) is 2.25. The topological polar surface area (TPSA) is 9.72 Å². The summed E-state index contributed by atoms with van der Waals surface area (Å²) < 4.78 is 0. The van der Waals surface area contributed by atoms with E-state index in [2.05, 4.69) is 21.7 Å². The Hall–Kier alpha value is -0.120. The summed E-state index contributed by atoms with van der Waals surface area (Å²) >= 11 is 0. The molecule has 17 heavy (non-hydrogen) atoms. The number of hydrogen-bond donors (Lipinski definition) is 0. The van der Waals surface area contributed by atoms with Gasteiger partial charge in [0.1, 0.15) is 0 Å². The third-order valence-corrected chi connectivity index (χ3v) is 5.14. The minimum atomic E-state index is 0.884. The van der Waals surface area contributed by atoms with Crippen molar-refractivity contribution < 1.29 is 0 Å². The highest BCUT2D eigenvalue weighted by Crippen LogP contribution is 2.26. The molecule has 2 aliphatic heterocycles. The van der Waals surface area contributed by atoms with Crippen LogP contribution in [0.2, 0.25) is 0 Å². The Morgan fingerprint density at radius 3 is 1.53 bits per heavy atom. The van der Waals surface area contributed by atoms with Gasteiger partial charge in [-0.2, -0.15) is 0 Å². The third kappa shape index (κ3) is 2.67. The van der Waals surface area contributed by atoms with Crippen molar-refractivity contribution in [3.05, 3.63) is 0 Å². The second-order valence-corrected chi connectivity index (χ2v) is 6.19. The molecule has 98 valence electrons. The Morgan fingerprint density at radius 1 is 0.647 bits per heavy atom. The summed E-state index contributed by atoms with van der Waals surface area (Å²) in [6.45, 7) is 7.91. The molecule has 3 fully saturated rings. The average Bonchev–Trinajstić information content (AvgIpc) is 2.29. The van der Waals surface area contributed by atoms with E-state index in [1.165, 1.54) is 71.4 Å². The van der Waals surface area contributed by atoms with E-state index in [-0.39, 0.29) is 0 Å². The van der Waals surface area contributed by atoms with Crippen molar-refractivity contribution in [1.29, 1.82) is 0 Å². The number of likely N-dealkylation sites (tertiary alicyclic amines) is 1. The lowest BCUT2D eigenvalue weighted by molar-refractivity contribution is 0.0276. The maximum absolute atomic E-state index is 2.77. The lowest BCUT2D eigenvalue weighted by Gasteiger charge is -2.46. The SMILES string of the molecule is CN1CCC(N2CCN(C3CCC3)CC2)CC1. The van der Waals surface area contributed by atoms with Crippen LogP contribution in [0.15, 0.2) is 0 Å². The molecule has 0 radical (unpaired) electrons. The van der Waals surface area contributed by atoms with Gasteiger partial charge < -0.3 is 4.90 Å². The summed E-state index contributed by atoms with van der Waals surface area (Å²) in [5, 5.41) is 0. The maximum atomic E-state index is 2.77. The molecule has 3 nitrogen and oxygen atoms in total. The molecule has 0 spiro atoms. The molecule has 1 aliphatic carbocycles. The number of piperidine rings is 1. The fourth-order valence-corrected chi connectivity index (χ4v) is 3.58. The van der Waals surface area contributed by atoms with Gasteiger partial charge in [-0.15, -0.1) is 0 Å². The Bertz CT molecular complexity index is 236. The molecule has 1 saturated carbocycles. The highest BCUT2D eigenvalue weighted by Gasteiger charge is 2.30. The summed E-state index contributed by atoms with van der Waals surface area (Å²) in [6, 6.07) is 1.84. The Morgan fingerprint density at radius 2 is 1.12 bits per heavy atom. The van der Waals surface area contributed by atoms with E-state index in [1.54, 1.807) is 0 Å². The van der Waals surface area contributed by atoms with Crippen LogP contribution in [0, 0.1) is 0 Å². The number of nitrogens with zero attached hydrogens (tertiary/aromatic N) is 3. The largest absolute Gasteiger partial charge is 0.306 e. The Kier molecular flexibility index (Phi) is 3.69. The first-order valence-electron chi connectivity index (χ1n) is 7.49. The van der Waals surface area contributed by atoms with Crippen LogP contribution in [0.4, 0.5) is 0 Å². The highest BCUT2D eigenvalue weighted by molar-refractivity contribution is 4.87. The predicted molar refractivity (Wildman–Crippen MR) is 71.3 cm³/mol. The number of rotatable bonds is 2. The molecule has 3 aliphatic rings. The van der Waals surface area contributed by atoms with Crippen LogP contribution in [0.3, 0.4) is 0 Å². The molecule has 2 saturated heterocycles. The lowest BCUT2D eigenvalue weighted by Crippen LogP contribution is -2.56. The van der Waals surface area contributed by atoms with Crippen molar-refractivity contribution in [2.45, 2.75) is 44.2 Å². The number of piperazine rings is 1. The van der Waals surface area contributed by atoms with E-state index in [0.717, 1.165) is 12.1 Å². The van der Waals surface area contributed by atoms with Crippen molar-refractivity contribution in [2.24, 2.45) is 0 Å². The van der Waals surface area contributed by atoms with E-state index in [0.29, 0.717) is 0 Å². The molecule has 0 bridgehead atoms. The summed E-state index contributed by atoms with van der Waals surface area (Å²) in [6.07, 6.45) is 7.18. The zero-order valence-electron chi connectivity index (χ0n) is 11.3. The van der Waals surface area contributed by atoms with Gasteiger partial charge in [-0.1, -0.05) is 6.42 Å². The monoisotopic (exact) mass is 237 g/mol. The molecule has 0 aromatic carbocycles. The van der Waals surface area contributed by atoms with Crippen molar-refractivity contribution in [3.8, 4) is 0 Å². The first-order valence-corrected chi connectivity index (χ1v) is 7.49. The molecule has 0 amide bonds. The van der Waals surface area contributed by atoms with Gasteiger partial charge in [0.15, 0.2) is 0 Å². The van der Waals surface area contributed by atoms with Gasteiger partial charge in [0.2, 0.25) is 0 Å². The maximum Gasteiger partial charge on any atom is 0.0121 e. The van der Waals surface area contributed by atoms with Gasteiger partial charge >= 0.3 is 0 Å². The van der Waals surface area contributed by atoms with E-state index in [9.17, 15) is 0 Å². The summed E-state index contributed by atoms with van der Waals surface area (Å²) in [5.41, 5.74) is 0. The molecular weight excluding hydrogens is 210 g/mol. The molecule has 0 atom stereocenters. The van der Waals surface area contributed by atoms with Gasteiger partial charge in [0.25, 0.3) is 0 Å². The van der Waals surface area contributed by atoms with Crippen LogP contribution in [0.1, 0.15) is 32.1 Å². The average molecular weight is 237 g/mol. The van der Waals surface area contributed by atoms with E-state index in [4.69, 9.17) is 0 Å². The van der Waals surface area contributed by atoms with Gasteiger partial charge in [0.05, 0.1) is 0 Å². The molecule has 2 heterocycles. The van der Waals surface area contributed by atoms with Gasteiger partial charge in [0, 0.05) is 38.3 Å². The van der Waals surface area contributed by atoms with Gasteiger partial charge in [-0.05, 0) is 45.8 Å². The highest BCUT2D eigenvalue weighted by atomic mass is 15.3. The fraction of sp³-hybridized carbons (Fsp3) is 1.00. The van der Waals surface area contributed by atoms with Crippen LogP contribution >= 0.6 is 0 Å². The van der Waals surface area contributed by atoms with E-state index >= 15 is 0 Å².